The molecule has 0 spiro atoms. The van der Waals surface area contributed by atoms with Crippen LogP contribution in [0.3, 0.4) is 0 Å². The quantitative estimate of drug-likeness (QED) is 0.922. The number of aryl methyl sites for hydroxylation is 1. The molecule has 0 atom stereocenters. The third kappa shape index (κ3) is 3.35. The molecule has 1 aliphatic rings. The Labute approximate surface area is 136 Å². The molecule has 23 heavy (non-hydrogen) atoms. The van der Waals surface area contributed by atoms with E-state index >= 15 is 0 Å². The minimum Gasteiger partial charge on any atom is -0.383 e. The summed E-state index contributed by atoms with van der Waals surface area (Å²) in [5.74, 6) is 0.659. The highest BCUT2D eigenvalue weighted by atomic mass is 16.2. The lowest BCUT2D eigenvalue weighted by molar-refractivity contribution is 0.0664. The van der Waals surface area contributed by atoms with Crippen molar-refractivity contribution in [3.8, 4) is 11.1 Å². The van der Waals surface area contributed by atoms with Gasteiger partial charge in [-0.2, -0.15) is 0 Å². The van der Waals surface area contributed by atoms with Gasteiger partial charge in [0.15, 0.2) is 0 Å². The predicted molar refractivity (Wildman–Crippen MR) is 92.2 cm³/mol. The van der Waals surface area contributed by atoms with Gasteiger partial charge in [0.2, 0.25) is 0 Å². The molecule has 0 saturated carbocycles. The Kier molecular flexibility index (Phi) is 4.30. The number of hydrogen-bond acceptors (Lipinski definition) is 4. The summed E-state index contributed by atoms with van der Waals surface area (Å²) < 4.78 is 0. The number of aromatic nitrogens is 1. The van der Waals surface area contributed by atoms with E-state index in [0.717, 1.165) is 48.4 Å². The van der Waals surface area contributed by atoms with Crippen LogP contribution in [0.4, 0.5) is 5.82 Å². The van der Waals surface area contributed by atoms with Gasteiger partial charge in [-0.15, -0.1) is 0 Å². The number of amides is 1. The summed E-state index contributed by atoms with van der Waals surface area (Å²) in [5, 5.41) is 0. The molecule has 0 aliphatic carbocycles. The van der Waals surface area contributed by atoms with E-state index in [9.17, 15) is 4.79 Å². The van der Waals surface area contributed by atoms with E-state index in [-0.39, 0.29) is 5.91 Å². The van der Waals surface area contributed by atoms with Crippen LogP contribution in [0.15, 0.2) is 36.5 Å². The summed E-state index contributed by atoms with van der Waals surface area (Å²) in [6.45, 7) is 5.38. The Morgan fingerprint density at radius 2 is 1.74 bits per heavy atom. The van der Waals surface area contributed by atoms with Gasteiger partial charge in [-0.25, -0.2) is 4.98 Å². The number of rotatable bonds is 2. The summed E-state index contributed by atoms with van der Waals surface area (Å²) in [6, 6.07) is 9.73. The Hall–Kier alpha value is -2.40. The maximum absolute atomic E-state index is 12.5. The summed E-state index contributed by atoms with van der Waals surface area (Å²) in [7, 11) is 2.08. The molecule has 0 radical (unpaired) electrons. The van der Waals surface area contributed by atoms with Crippen LogP contribution in [0.2, 0.25) is 0 Å². The minimum absolute atomic E-state index is 0.108. The molecule has 120 valence electrons. The first-order valence-electron chi connectivity index (χ1n) is 7.85. The Morgan fingerprint density at radius 3 is 2.35 bits per heavy atom. The van der Waals surface area contributed by atoms with Crippen LogP contribution in [-0.2, 0) is 0 Å². The average molecular weight is 310 g/mol. The number of likely N-dealkylation sites (N-methyl/N-ethyl adjacent to an activating group) is 1. The molecular weight excluding hydrogens is 288 g/mol. The van der Waals surface area contributed by atoms with Gasteiger partial charge < -0.3 is 15.5 Å². The highest BCUT2D eigenvalue weighted by molar-refractivity contribution is 5.94. The normalized spacial score (nSPS) is 15.7. The molecule has 1 amide bonds. The van der Waals surface area contributed by atoms with E-state index in [0.29, 0.717) is 5.82 Å². The van der Waals surface area contributed by atoms with E-state index in [1.807, 2.05) is 42.2 Å². The van der Waals surface area contributed by atoms with Gasteiger partial charge >= 0.3 is 0 Å². The molecule has 1 saturated heterocycles. The van der Waals surface area contributed by atoms with Gasteiger partial charge in [0.05, 0.1) is 0 Å². The Balaban J connectivity index is 1.76. The topological polar surface area (TPSA) is 62.5 Å². The first kappa shape index (κ1) is 15.5. The van der Waals surface area contributed by atoms with Crippen LogP contribution in [0.25, 0.3) is 11.1 Å². The second-order valence-corrected chi connectivity index (χ2v) is 6.10. The highest BCUT2D eigenvalue weighted by Crippen LogP contribution is 2.22. The fraction of sp³-hybridized carbons (Fsp3) is 0.333. The maximum atomic E-state index is 12.5. The van der Waals surface area contributed by atoms with Crippen molar-refractivity contribution >= 4 is 11.7 Å². The van der Waals surface area contributed by atoms with Gasteiger partial charge in [-0.3, -0.25) is 4.79 Å². The molecule has 0 bridgehead atoms. The van der Waals surface area contributed by atoms with Crippen molar-refractivity contribution in [1.29, 1.82) is 0 Å². The first-order valence-corrected chi connectivity index (χ1v) is 7.85. The SMILES string of the molecule is Cc1cc(-c2ccc(C(=O)N3CCN(C)CC3)cc2)cnc1N. The molecule has 5 heteroatoms. The van der Waals surface area contributed by atoms with Crippen molar-refractivity contribution in [2.75, 3.05) is 39.0 Å². The van der Waals surface area contributed by atoms with E-state index in [1.54, 1.807) is 6.20 Å². The van der Waals surface area contributed by atoms with Crippen molar-refractivity contribution in [3.05, 3.63) is 47.7 Å². The molecule has 2 heterocycles. The van der Waals surface area contributed by atoms with Crippen LogP contribution in [0.5, 0.6) is 0 Å². The lowest BCUT2D eigenvalue weighted by Crippen LogP contribution is -2.47. The maximum Gasteiger partial charge on any atom is 0.253 e. The number of anilines is 1. The summed E-state index contributed by atoms with van der Waals surface area (Å²) in [6.07, 6.45) is 1.76. The van der Waals surface area contributed by atoms with Crippen LogP contribution >= 0.6 is 0 Å². The lowest BCUT2D eigenvalue weighted by Gasteiger charge is -2.32. The number of carbonyl (C=O) groups excluding carboxylic acids is 1. The van der Waals surface area contributed by atoms with Crippen LogP contribution in [-0.4, -0.2) is 53.9 Å². The van der Waals surface area contributed by atoms with Gasteiger partial charge in [0.25, 0.3) is 5.91 Å². The van der Waals surface area contributed by atoms with Crippen LogP contribution in [0, 0.1) is 6.92 Å². The number of pyridine rings is 1. The number of hydrogen-bond donors (Lipinski definition) is 1. The number of carbonyl (C=O) groups is 1. The fourth-order valence-electron chi connectivity index (χ4n) is 2.74. The van der Waals surface area contributed by atoms with Gasteiger partial charge in [-0.1, -0.05) is 12.1 Å². The van der Waals surface area contributed by atoms with Crippen molar-refractivity contribution in [2.45, 2.75) is 6.92 Å². The highest BCUT2D eigenvalue weighted by Gasteiger charge is 2.20. The number of nitrogens with zero attached hydrogens (tertiary/aromatic N) is 3. The fourth-order valence-corrected chi connectivity index (χ4v) is 2.74. The largest absolute Gasteiger partial charge is 0.383 e. The second kappa shape index (κ2) is 6.38. The van der Waals surface area contributed by atoms with E-state index in [2.05, 4.69) is 16.9 Å². The zero-order valence-electron chi connectivity index (χ0n) is 13.6. The third-order valence-corrected chi connectivity index (χ3v) is 4.37. The van der Waals surface area contributed by atoms with Crippen molar-refractivity contribution in [1.82, 2.24) is 14.8 Å². The van der Waals surface area contributed by atoms with Crippen LogP contribution < -0.4 is 5.73 Å². The lowest BCUT2D eigenvalue weighted by atomic mass is 10.0. The first-order chi connectivity index (χ1) is 11.0. The molecule has 3 rings (SSSR count). The number of piperazine rings is 1. The molecular formula is C18H22N4O. The zero-order chi connectivity index (χ0) is 16.4. The zero-order valence-corrected chi connectivity index (χ0v) is 13.6. The van der Waals surface area contributed by atoms with Crippen molar-refractivity contribution < 1.29 is 4.79 Å². The van der Waals surface area contributed by atoms with Gasteiger partial charge in [0.1, 0.15) is 5.82 Å². The standard InChI is InChI=1S/C18H22N4O/c1-13-11-16(12-20-17(13)19)14-3-5-15(6-4-14)18(23)22-9-7-21(2)8-10-22/h3-6,11-12H,7-10H2,1-2H3,(H2,19,20). The molecule has 2 aromatic rings. The molecule has 2 N–H and O–H groups in total. The van der Waals surface area contributed by atoms with E-state index in [1.165, 1.54) is 0 Å². The molecule has 0 unspecified atom stereocenters. The summed E-state index contributed by atoms with van der Waals surface area (Å²) in [4.78, 5) is 20.9. The second-order valence-electron chi connectivity index (χ2n) is 6.10. The smallest absolute Gasteiger partial charge is 0.253 e. The number of nitrogen functional groups attached to an aromatic ring is 1. The van der Waals surface area contributed by atoms with Crippen molar-refractivity contribution in [2.24, 2.45) is 0 Å². The van der Waals surface area contributed by atoms with Gasteiger partial charge in [-0.05, 0) is 43.3 Å². The predicted octanol–water partition coefficient (Wildman–Crippen LogP) is 2.03. The molecule has 1 aliphatic heterocycles. The van der Waals surface area contributed by atoms with E-state index in [4.69, 9.17) is 5.73 Å². The number of benzene rings is 1. The molecule has 5 nitrogen and oxygen atoms in total. The van der Waals surface area contributed by atoms with E-state index < -0.39 is 0 Å². The Morgan fingerprint density at radius 1 is 1.09 bits per heavy atom. The summed E-state index contributed by atoms with van der Waals surface area (Å²) in [5.41, 5.74) is 9.50. The monoisotopic (exact) mass is 310 g/mol. The Bertz CT molecular complexity index is 703. The molecule has 1 aromatic heterocycles. The third-order valence-electron chi connectivity index (χ3n) is 4.37. The van der Waals surface area contributed by atoms with Gasteiger partial charge in [0, 0.05) is 43.5 Å². The summed E-state index contributed by atoms with van der Waals surface area (Å²) >= 11 is 0. The molecule has 1 fully saturated rings. The van der Waals surface area contributed by atoms with Crippen molar-refractivity contribution in [3.63, 3.8) is 0 Å². The minimum atomic E-state index is 0.108. The average Bonchev–Trinajstić information content (AvgIpc) is 2.57. The molecule has 1 aromatic carbocycles. The van der Waals surface area contributed by atoms with Crippen LogP contribution in [0.1, 0.15) is 15.9 Å². The number of nitrogens with two attached hydrogens (primary N) is 1.